The van der Waals surface area contributed by atoms with Gasteiger partial charge in [0.25, 0.3) is 5.91 Å². The molecule has 0 fully saturated rings. The first-order valence-electron chi connectivity index (χ1n) is 5.43. The van der Waals surface area contributed by atoms with Crippen LogP contribution in [-0.2, 0) is 0 Å². The van der Waals surface area contributed by atoms with Crippen LogP contribution in [0.5, 0.6) is 0 Å². The van der Waals surface area contributed by atoms with E-state index in [1.807, 2.05) is 0 Å². The minimum Gasteiger partial charge on any atom is -0.384 e. The highest BCUT2D eigenvalue weighted by Gasteiger charge is 2.17. The molecule has 0 saturated carbocycles. The molecular weight excluding hydrogens is 266 g/mol. The summed E-state index contributed by atoms with van der Waals surface area (Å²) >= 11 is 1.29. The van der Waals surface area contributed by atoms with Crippen LogP contribution in [0.4, 0.5) is 0 Å². The fraction of sp³-hybridized carbons (Fsp3) is 0.273. The Morgan fingerprint density at radius 1 is 1.68 bits per heavy atom. The summed E-state index contributed by atoms with van der Waals surface area (Å²) in [5, 5.41) is 26.6. The Hall–Kier alpha value is -2.24. The molecule has 1 atom stereocenters. The summed E-state index contributed by atoms with van der Waals surface area (Å²) in [7, 11) is 0. The summed E-state index contributed by atoms with van der Waals surface area (Å²) in [6.07, 6.45) is 0. The molecule has 7 nitrogen and oxygen atoms in total. The van der Waals surface area contributed by atoms with Crippen LogP contribution < -0.4 is 5.32 Å². The van der Waals surface area contributed by atoms with E-state index in [0.717, 1.165) is 0 Å². The first-order valence-corrected chi connectivity index (χ1v) is 6.31. The number of tetrazole rings is 1. The van der Waals surface area contributed by atoms with E-state index in [4.69, 9.17) is 5.11 Å². The number of carbonyl (C=O) groups is 1. The van der Waals surface area contributed by atoms with Crippen molar-refractivity contribution in [3.8, 4) is 11.8 Å². The van der Waals surface area contributed by atoms with Gasteiger partial charge >= 0.3 is 0 Å². The molecular formula is C11H11N5O2S. The Morgan fingerprint density at radius 2 is 2.53 bits per heavy atom. The largest absolute Gasteiger partial charge is 0.384 e. The van der Waals surface area contributed by atoms with E-state index >= 15 is 0 Å². The summed E-state index contributed by atoms with van der Waals surface area (Å²) < 4.78 is 0. The minimum atomic E-state index is -0.355. The van der Waals surface area contributed by atoms with Crippen molar-refractivity contribution >= 4 is 17.2 Å². The summed E-state index contributed by atoms with van der Waals surface area (Å²) in [4.78, 5) is 12.6. The van der Waals surface area contributed by atoms with Crippen molar-refractivity contribution in [2.45, 2.75) is 13.0 Å². The van der Waals surface area contributed by atoms with Gasteiger partial charge in [0.15, 0.2) is 5.82 Å². The molecule has 2 heterocycles. The third kappa shape index (κ3) is 3.15. The number of H-pyrrole nitrogens is 1. The number of nitrogens with zero attached hydrogens (tertiary/aromatic N) is 3. The smallest absolute Gasteiger partial charge is 0.263 e. The normalized spacial score (nSPS) is 11.5. The molecule has 0 spiro atoms. The van der Waals surface area contributed by atoms with Crippen LogP contribution in [0.15, 0.2) is 11.4 Å². The van der Waals surface area contributed by atoms with Gasteiger partial charge < -0.3 is 10.4 Å². The Kier molecular flexibility index (Phi) is 4.22. The average molecular weight is 277 g/mol. The monoisotopic (exact) mass is 277 g/mol. The van der Waals surface area contributed by atoms with Gasteiger partial charge in [0.2, 0.25) is 0 Å². The Morgan fingerprint density at radius 3 is 3.21 bits per heavy atom. The van der Waals surface area contributed by atoms with Crippen molar-refractivity contribution < 1.29 is 9.90 Å². The molecule has 2 rings (SSSR count). The fourth-order valence-electron chi connectivity index (χ4n) is 1.40. The lowest BCUT2D eigenvalue weighted by molar-refractivity contribution is 0.0942. The highest BCUT2D eigenvalue weighted by Crippen LogP contribution is 2.17. The van der Waals surface area contributed by atoms with Crippen molar-refractivity contribution in [3.05, 3.63) is 27.7 Å². The maximum Gasteiger partial charge on any atom is 0.263 e. The Labute approximate surface area is 113 Å². The van der Waals surface area contributed by atoms with Crippen LogP contribution in [0.2, 0.25) is 0 Å². The maximum absolute atomic E-state index is 12.1. The van der Waals surface area contributed by atoms with Gasteiger partial charge in [-0.15, -0.1) is 21.5 Å². The summed E-state index contributed by atoms with van der Waals surface area (Å²) in [5.74, 6) is 5.41. The third-order valence-corrected chi connectivity index (χ3v) is 3.18. The molecule has 1 amide bonds. The number of amides is 1. The number of carbonyl (C=O) groups excluding carboxylic acids is 1. The van der Waals surface area contributed by atoms with Gasteiger partial charge in [-0.1, -0.05) is 17.1 Å². The molecule has 98 valence electrons. The van der Waals surface area contributed by atoms with Gasteiger partial charge in [0, 0.05) is 5.56 Å². The number of hydrogen-bond donors (Lipinski definition) is 3. The third-order valence-electron chi connectivity index (χ3n) is 2.27. The molecule has 8 heteroatoms. The molecule has 0 bridgehead atoms. The lowest BCUT2D eigenvalue weighted by Gasteiger charge is -2.08. The fourth-order valence-corrected chi connectivity index (χ4v) is 2.15. The second kappa shape index (κ2) is 6.08. The molecule has 2 aromatic heterocycles. The zero-order chi connectivity index (χ0) is 13.7. The quantitative estimate of drug-likeness (QED) is 0.690. The molecule has 19 heavy (non-hydrogen) atoms. The standard InChI is InChI=1S/C11H11N5O2S/c1-7(10-13-15-16-14-10)12-11(18)9-8(3-2-5-17)4-6-19-9/h4,6-7,17H,5H2,1H3,(H,12,18)(H,13,14,15,16). The first-order chi connectivity index (χ1) is 9.22. The molecule has 1 unspecified atom stereocenters. The summed E-state index contributed by atoms with van der Waals surface area (Å²) in [6.45, 7) is 1.52. The zero-order valence-electron chi connectivity index (χ0n) is 10.0. The van der Waals surface area contributed by atoms with E-state index in [1.165, 1.54) is 11.3 Å². The van der Waals surface area contributed by atoms with Crippen molar-refractivity contribution in [2.75, 3.05) is 6.61 Å². The number of aliphatic hydroxyl groups is 1. The maximum atomic E-state index is 12.1. The zero-order valence-corrected chi connectivity index (χ0v) is 10.9. The Bertz CT molecular complexity index is 611. The van der Waals surface area contributed by atoms with Crippen molar-refractivity contribution in [1.82, 2.24) is 25.9 Å². The van der Waals surface area contributed by atoms with Crippen molar-refractivity contribution in [3.63, 3.8) is 0 Å². The van der Waals surface area contributed by atoms with Gasteiger partial charge in [0.05, 0.1) is 6.04 Å². The van der Waals surface area contributed by atoms with Gasteiger partial charge in [-0.25, -0.2) is 0 Å². The number of aromatic nitrogens is 4. The predicted molar refractivity (Wildman–Crippen MR) is 68.3 cm³/mol. The molecule has 0 aliphatic carbocycles. The molecule has 0 aromatic carbocycles. The van der Waals surface area contributed by atoms with Gasteiger partial charge in [-0.3, -0.25) is 4.79 Å². The van der Waals surface area contributed by atoms with E-state index in [9.17, 15) is 4.79 Å². The summed E-state index contributed by atoms with van der Waals surface area (Å²) in [5.41, 5.74) is 0.594. The molecule has 0 radical (unpaired) electrons. The minimum absolute atomic E-state index is 0.240. The van der Waals surface area contributed by atoms with Crippen LogP contribution in [-0.4, -0.2) is 38.2 Å². The van der Waals surface area contributed by atoms with Crippen LogP contribution in [0.1, 0.15) is 34.0 Å². The molecule has 2 aromatic rings. The van der Waals surface area contributed by atoms with Crippen LogP contribution in [0.3, 0.4) is 0 Å². The average Bonchev–Trinajstić information content (AvgIpc) is 3.07. The predicted octanol–water partition coefficient (Wildman–Crippen LogP) is 0.0960. The van der Waals surface area contributed by atoms with Crippen LogP contribution >= 0.6 is 11.3 Å². The number of aromatic amines is 1. The van der Waals surface area contributed by atoms with E-state index in [1.54, 1.807) is 18.4 Å². The van der Waals surface area contributed by atoms with E-state index < -0.39 is 0 Å². The number of rotatable bonds is 3. The molecule has 0 aliphatic heterocycles. The second-order valence-corrected chi connectivity index (χ2v) is 4.50. The summed E-state index contributed by atoms with van der Waals surface area (Å²) in [6, 6.07) is 1.38. The van der Waals surface area contributed by atoms with Crippen molar-refractivity contribution in [1.29, 1.82) is 0 Å². The highest BCUT2D eigenvalue weighted by atomic mass is 32.1. The molecule has 0 aliphatic rings. The lowest BCUT2D eigenvalue weighted by Crippen LogP contribution is -2.27. The molecule has 3 N–H and O–H groups in total. The lowest BCUT2D eigenvalue weighted by atomic mass is 10.2. The van der Waals surface area contributed by atoms with E-state index in [0.29, 0.717) is 16.3 Å². The second-order valence-electron chi connectivity index (χ2n) is 3.59. The van der Waals surface area contributed by atoms with Gasteiger partial charge in [-0.05, 0) is 18.4 Å². The van der Waals surface area contributed by atoms with E-state index in [2.05, 4.69) is 37.8 Å². The number of aliphatic hydroxyl groups excluding tert-OH is 1. The van der Waals surface area contributed by atoms with Crippen LogP contribution in [0.25, 0.3) is 0 Å². The number of hydrogen-bond acceptors (Lipinski definition) is 6. The Balaban J connectivity index is 2.10. The topological polar surface area (TPSA) is 104 Å². The first kappa shape index (κ1) is 13.2. The van der Waals surface area contributed by atoms with Crippen molar-refractivity contribution in [2.24, 2.45) is 0 Å². The number of thiophene rings is 1. The number of nitrogens with one attached hydrogen (secondary N) is 2. The van der Waals surface area contributed by atoms with E-state index in [-0.39, 0.29) is 18.6 Å². The van der Waals surface area contributed by atoms with Gasteiger partial charge in [0.1, 0.15) is 11.5 Å². The highest BCUT2D eigenvalue weighted by molar-refractivity contribution is 7.12. The SMILES string of the molecule is CC(NC(=O)c1sccc1C#CCO)c1nn[nH]n1. The van der Waals surface area contributed by atoms with Crippen LogP contribution in [0, 0.1) is 11.8 Å². The van der Waals surface area contributed by atoms with Gasteiger partial charge in [-0.2, -0.15) is 5.21 Å². The molecule has 0 saturated heterocycles.